The summed E-state index contributed by atoms with van der Waals surface area (Å²) in [5.41, 5.74) is 4.43. The molecule has 0 atom stereocenters. The molecule has 0 aliphatic carbocycles. The van der Waals surface area contributed by atoms with Crippen LogP contribution in [0.25, 0.3) is 0 Å². The fourth-order valence-electron chi connectivity index (χ4n) is 1.45. The van der Waals surface area contributed by atoms with Gasteiger partial charge in [-0.05, 0) is 36.0 Å². The van der Waals surface area contributed by atoms with Gasteiger partial charge in [-0.15, -0.1) is 0 Å². The quantitative estimate of drug-likeness (QED) is 0.610. The van der Waals surface area contributed by atoms with E-state index in [9.17, 15) is 0 Å². The molecule has 0 spiro atoms. The summed E-state index contributed by atoms with van der Waals surface area (Å²) in [5, 5.41) is 0. The van der Waals surface area contributed by atoms with Gasteiger partial charge in [0.05, 0.1) is 0 Å². The Balaban J connectivity index is 0.00000144. The van der Waals surface area contributed by atoms with Crippen LogP contribution < -0.4 is 0 Å². The molecule has 0 unspecified atom stereocenters. The smallest absolute Gasteiger partial charge is 0 e. The Kier molecular flexibility index (Phi) is 6.21. The van der Waals surface area contributed by atoms with Crippen molar-refractivity contribution in [1.29, 1.82) is 0 Å². The van der Waals surface area contributed by atoms with Gasteiger partial charge in [0.2, 0.25) is 0 Å². The minimum absolute atomic E-state index is 0. The van der Waals surface area contributed by atoms with Crippen molar-refractivity contribution in [2.24, 2.45) is 0 Å². The molecule has 1 aromatic rings. The molecule has 1 radical (unpaired) electrons. The third kappa shape index (κ3) is 3.59. The van der Waals surface area contributed by atoms with Crippen LogP contribution in [0.4, 0.5) is 0 Å². The monoisotopic (exact) mass is 169 g/mol. The maximum absolute atomic E-state index is 2.32. The maximum Gasteiger partial charge on any atom is 0 e. The van der Waals surface area contributed by atoms with Gasteiger partial charge in [0, 0.05) is 18.9 Å². The molecule has 0 aromatic heterocycles. The van der Waals surface area contributed by atoms with Crippen LogP contribution in [0.15, 0.2) is 18.2 Å². The molecular weight excluding hydrogens is 151 g/mol. The van der Waals surface area contributed by atoms with Crippen LogP contribution in [0, 0.1) is 0 Å². The first-order valence-corrected chi connectivity index (χ1v) is 4.91. The Bertz CT molecular complexity index is 198. The molecule has 1 rings (SSSR count). The zero-order chi connectivity index (χ0) is 8.97. The maximum atomic E-state index is 2.32. The first-order chi connectivity index (χ1) is 5.80. The van der Waals surface area contributed by atoms with E-state index in [1.54, 1.807) is 0 Å². The van der Waals surface area contributed by atoms with Crippen molar-refractivity contribution >= 4 is 18.9 Å². The largest absolute Gasteiger partial charge is 0.0613 e. The molecule has 0 aliphatic rings. The van der Waals surface area contributed by atoms with E-state index in [-0.39, 0.29) is 18.9 Å². The molecule has 0 aliphatic heterocycles. The van der Waals surface area contributed by atoms with Crippen molar-refractivity contribution in [3.63, 3.8) is 0 Å². The van der Waals surface area contributed by atoms with Crippen LogP contribution in [-0.2, 0) is 19.3 Å². The number of rotatable bonds is 3. The average molecular weight is 169 g/mol. The van der Waals surface area contributed by atoms with Crippen molar-refractivity contribution < 1.29 is 0 Å². The van der Waals surface area contributed by atoms with E-state index in [1.807, 2.05) is 0 Å². The predicted octanol–water partition coefficient (Wildman–Crippen LogP) is 2.99. The van der Waals surface area contributed by atoms with Gasteiger partial charge in [0.1, 0.15) is 0 Å². The summed E-state index contributed by atoms with van der Waals surface area (Å²) < 4.78 is 0. The van der Waals surface area contributed by atoms with Crippen LogP contribution in [-0.4, -0.2) is 18.9 Å². The van der Waals surface area contributed by atoms with E-state index < -0.39 is 0 Å². The van der Waals surface area contributed by atoms with Gasteiger partial charge in [-0.1, -0.05) is 39.0 Å². The molecule has 0 saturated heterocycles. The van der Waals surface area contributed by atoms with E-state index >= 15 is 0 Å². The minimum atomic E-state index is 0. The van der Waals surface area contributed by atoms with Crippen molar-refractivity contribution in [2.45, 2.75) is 40.0 Å². The van der Waals surface area contributed by atoms with Crippen molar-refractivity contribution in [1.82, 2.24) is 0 Å². The van der Waals surface area contributed by atoms with Crippen molar-refractivity contribution in [3.05, 3.63) is 34.9 Å². The van der Waals surface area contributed by atoms with Gasteiger partial charge in [-0.25, -0.2) is 0 Å². The second-order valence-electron chi connectivity index (χ2n) is 3.22. The number of aryl methyl sites for hydroxylation is 3. The fraction of sp³-hybridized carbons (Fsp3) is 0.500. The Labute approximate surface area is 93.9 Å². The molecule has 13 heavy (non-hydrogen) atoms. The Hall–Kier alpha value is -0.183. The number of benzene rings is 1. The van der Waals surface area contributed by atoms with E-state index in [1.165, 1.54) is 16.7 Å². The van der Waals surface area contributed by atoms with Crippen LogP contribution in [0.3, 0.4) is 0 Å². The molecule has 0 saturated carbocycles. The third-order valence-electron chi connectivity index (χ3n) is 2.34. The first-order valence-electron chi connectivity index (χ1n) is 4.91. The van der Waals surface area contributed by atoms with Crippen LogP contribution in [0.2, 0.25) is 0 Å². The molecule has 0 fully saturated rings. The summed E-state index contributed by atoms with van der Waals surface area (Å²) in [4.78, 5) is 0. The van der Waals surface area contributed by atoms with Crippen molar-refractivity contribution in [3.8, 4) is 0 Å². The van der Waals surface area contributed by atoms with Gasteiger partial charge in [-0.2, -0.15) is 0 Å². The Morgan fingerprint density at radius 2 is 0.923 bits per heavy atom. The second-order valence-corrected chi connectivity index (χ2v) is 3.22. The molecule has 0 heterocycles. The van der Waals surface area contributed by atoms with E-state index in [0.717, 1.165) is 19.3 Å². The van der Waals surface area contributed by atoms with Crippen molar-refractivity contribution in [2.75, 3.05) is 0 Å². The van der Waals surface area contributed by atoms with Gasteiger partial charge in [-0.3, -0.25) is 0 Å². The number of hydrogen-bond donors (Lipinski definition) is 0. The zero-order valence-corrected chi connectivity index (χ0v) is 9.35. The van der Waals surface area contributed by atoms with Crippen LogP contribution >= 0.6 is 0 Å². The SMILES string of the molecule is CCc1cc(CC)cc(CC)c1.[Li]. The third-order valence-corrected chi connectivity index (χ3v) is 2.34. The van der Waals surface area contributed by atoms with E-state index in [4.69, 9.17) is 0 Å². The molecule has 1 aromatic carbocycles. The standard InChI is InChI=1S/C12H18.Li/c1-4-10-7-11(5-2)9-12(6-3)8-10;/h7-9H,4-6H2,1-3H3;. The summed E-state index contributed by atoms with van der Waals surface area (Å²) in [6, 6.07) is 6.96. The molecule has 0 bridgehead atoms. The average Bonchev–Trinajstić information content (AvgIpc) is 2.16. The second kappa shape index (κ2) is 6.30. The molecule has 1 heteroatoms. The van der Waals surface area contributed by atoms with Gasteiger partial charge >= 0.3 is 0 Å². The van der Waals surface area contributed by atoms with Crippen LogP contribution in [0.5, 0.6) is 0 Å². The first kappa shape index (κ1) is 12.8. The van der Waals surface area contributed by atoms with E-state index in [2.05, 4.69) is 39.0 Å². The Morgan fingerprint density at radius 1 is 0.692 bits per heavy atom. The summed E-state index contributed by atoms with van der Waals surface area (Å²) in [6.45, 7) is 6.65. The zero-order valence-electron chi connectivity index (χ0n) is 9.35. The topological polar surface area (TPSA) is 0 Å². The summed E-state index contributed by atoms with van der Waals surface area (Å²) in [7, 11) is 0. The summed E-state index contributed by atoms with van der Waals surface area (Å²) in [6.07, 6.45) is 3.46. The summed E-state index contributed by atoms with van der Waals surface area (Å²) >= 11 is 0. The predicted molar refractivity (Wildman–Crippen MR) is 60.3 cm³/mol. The molecule has 0 nitrogen and oxygen atoms in total. The number of hydrogen-bond acceptors (Lipinski definition) is 0. The van der Waals surface area contributed by atoms with Gasteiger partial charge in [0.25, 0.3) is 0 Å². The van der Waals surface area contributed by atoms with Gasteiger partial charge in [0.15, 0.2) is 0 Å². The van der Waals surface area contributed by atoms with E-state index in [0.29, 0.717) is 0 Å². The molecular formula is C12H18Li. The molecule has 0 amide bonds. The Morgan fingerprint density at radius 3 is 1.08 bits per heavy atom. The summed E-state index contributed by atoms with van der Waals surface area (Å²) in [5.74, 6) is 0. The van der Waals surface area contributed by atoms with Gasteiger partial charge < -0.3 is 0 Å². The molecule has 0 N–H and O–H groups in total. The molecule has 67 valence electrons. The fourth-order valence-corrected chi connectivity index (χ4v) is 1.45. The normalized spacial score (nSPS) is 9.46. The van der Waals surface area contributed by atoms with Crippen LogP contribution in [0.1, 0.15) is 37.5 Å². The minimum Gasteiger partial charge on any atom is -0.0613 e.